The summed E-state index contributed by atoms with van der Waals surface area (Å²) in [5.41, 5.74) is 0. The average Bonchev–Trinajstić information content (AvgIpc) is 2.01. The topological polar surface area (TPSA) is 15.3 Å². The van der Waals surface area contributed by atoms with Gasteiger partial charge in [-0.15, -0.1) is 0 Å². The van der Waals surface area contributed by atoms with Crippen LogP contribution in [0, 0.1) is 0 Å². The van der Waals surface area contributed by atoms with Crippen LogP contribution in [-0.2, 0) is 0 Å². The molecule has 0 bridgehead atoms. The van der Waals surface area contributed by atoms with Crippen molar-refractivity contribution in [1.29, 1.82) is 0 Å². The summed E-state index contributed by atoms with van der Waals surface area (Å²) in [6, 6.07) is 0.262. The molecular weight excluding hydrogens is 162 g/mol. The van der Waals surface area contributed by atoms with Gasteiger partial charge in [-0.3, -0.25) is 0 Å². The van der Waals surface area contributed by atoms with Crippen molar-refractivity contribution in [3.05, 3.63) is 0 Å². The maximum absolute atomic E-state index is 11.8. The van der Waals surface area contributed by atoms with E-state index in [2.05, 4.69) is 10.2 Å². The molecule has 4 heteroatoms. The highest BCUT2D eigenvalue weighted by Crippen LogP contribution is 2.07. The van der Waals surface area contributed by atoms with Gasteiger partial charge in [-0.25, -0.2) is 8.78 Å². The van der Waals surface area contributed by atoms with Crippen molar-refractivity contribution in [1.82, 2.24) is 10.2 Å². The first-order valence-electron chi connectivity index (χ1n) is 4.38. The first-order chi connectivity index (χ1) is 5.68. The molecule has 0 aromatic carbocycles. The summed E-state index contributed by atoms with van der Waals surface area (Å²) < 4.78 is 23.6. The maximum Gasteiger partial charge on any atom is 0.250 e. The minimum atomic E-state index is -2.22. The van der Waals surface area contributed by atoms with Crippen molar-refractivity contribution < 1.29 is 8.78 Å². The van der Waals surface area contributed by atoms with Gasteiger partial charge in [0.05, 0.1) is 6.54 Å². The predicted octanol–water partition coefficient (Wildman–Crippen LogP) is 0.935. The number of hydrogen-bond donors (Lipinski definition) is 1. The quantitative estimate of drug-likeness (QED) is 0.691. The van der Waals surface area contributed by atoms with Gasteiger partial charge in [-0.1, -0.05) is 0 Å². The van der Waals surface area contributed by atoms with Gasteiger partial charge < -0.3 is 10.2 Å². The molecule has 1 rings (SSSR count). The smallest absolute Gasteiger partial charge is 0.250 e. The molecule has 2 nitrogen and oxygen atoms in total. The third kappa shape index (κ3) is 3.45. The summed E-state index contributed by atoms with van der Waals surface area (Å²) in [6.07, 6.45) is -0.0914. The van der Waals surface area contributed by atoms with Gasteiger partial charge in [0.25, 0.3) is 6.43 Å². The van der Waals surface area contributed by atoms with E-state index in [0.717, 1.165) is 25.9 Å². The van der Waals surface area contributed by atoms with Crippen molar-refractivity contribution in [2.45, 2.75) is 25.3 Å². The number of piperidine rings is 1. The Labute approximate surface area is 71.9 Å². The zero-order chi connectivity index (χ0) is 8.97. The summed E-state index contributed by atoms with van der Waals surface area (Å²) in [6.45, 7) is 1.82. The van der Waals surface area contributed by atoms with Crippen molar-refractivity contribution >= 4 is 0 Å². The van der Waals surface area contributed by atoms with E-state index in [1.54, 1.807) is 0 Å². The minimum absolute atomic E-state index is 0.168. The lowest BCUT2D eigenvalue weighted by molar-refractivity contribution is 0.131. The fourth-order valence-electron chi connectivity index (χ4n) is 1.59. The SMILES string of the molecule is CN1CCCC(NCC(F)F)C1. The first kappa shape index (κ1) is 9.86. The number of alkyl halides is 2. The van der Waals surface area contributed by atoms with E-state index in [9.17, 15) is 8.78 Å². The molecule has 1 unspecified atom stereocenters. The van der Waals surface area contributed by atoms with Gasteiger partial charge in [0, 0.05) is 12.6 Å². The molecule has 1 saturated heterocycles. The largest absolute Gasteiger partial charge is 0.307 e. The molecule has 0 aromatic rings. The van der Waals surface area contributed by atoms with E-state index >= 15 is 0 Å². The van der Waals surface area contributed by atoms with Crippen LogP contribution < -0.4 is 5.32 Å². The summed E-state index contributed by atoms with van der Waals surface area (Å²) in [5, 5.41) is 2.86. The van der Waals surface area contributed by atoms with Gasteiger partial charge in [-0.05, 0) is 26.4 Å². The average molecular weight is 178 g/mol. The van der Waals surface area contributed by atoms with Crippen molar-refractivity contribution in [2.75, 3.05) is 26.7 Å². The lowest BCUT2D eigenvalue weighted by Crippen LogP contribution is -2.45. The number of likely N-dealkylation sites (N-methyl/N-ethyl adjacent to an activating group) is 1. The molecule has 0 saturated carbocycles. The molecule has 0 aromatic heterocycles. The Balaban J connectivity index is 2.14. The van der Waals surface area contributed by atoms with Gasteiger partial charge in [0.2, 0.25) is 0 Å². The standard InChI is InChI=1S/C8H16F2N2/c1-12-4-2-3-7(6-12)11-5-8(9)10/h7-8,11H,2-6H2,1H3. The van der Waals surface area contributed by atoms with E-state index < -0.39 is 6.43 Å². The van der Waals surface area contributed by atoms with Crippen LogP contribution in [-0.4, -0.2) is 44.0 Å². The molecular formula is C8H16F2N2. The summed E-state index contributed by atoms with van der Waals surface area (Å²) in [4.78, 5) is 2.17. The fourth-order valence-corrected chi connectivity index (χ4v) is 1.59. The zero-order valence-electron chi connectivity index (χ0n) is 7.39. The van der Waals surface area contributed by atoms with Crippen LogP contribution >= 0.6 is 0 Å². The number of halogens is 2. The lowest BCUT2D eigenvalue weighted by atomic mass is 10.1. The highest BCUT2D eigenvalue weighted by Gasteiger charge is 2.17. The molecule has 0 amide bonds. The summed E-state index contributed by atoms with van der Waals surface area (Å²) in [5.74, 6) is 0. The molecule has 1 atom stereocenters. The van der Waals surface area contributed by atoms with E-state index in [1.165, 1.54) is 0 Å². The van der Waals surface area contributed by atoms with Crippen LogP contribution in [0.15, 0.2) is 0 Å². The Morgan fingerprint density at radius 3 is 2.92 bits per heavy atom. The molecule has 72 valence electrons. The number of rotatable bonds is 3. The Kier molecular flexibility index (Phi) is 3.88. The number of likely N-dealkylation sites (tertiary alicyclic amines) is 1. The Morgan fingerprint density at radius 1 is 1.58 bits per heavy atom. The zero-order valence-corrected chi connectivity index (χ0v) is 7.39. The first-order valence-corrected chi connectivity index (χ1v) is 4.38. The third-order valence-corrected chi connectivity index (χ3v) is 2.19. The van der Waals surface area contributed by atoms with Crippen molar-refractivity contribution in [2.24, 2.45) is 0 Å². The van der Waals surface area contributed by atoms with E-state index in [1.807, 2.05) is 7.05 Å². The fraction of sp³-hybridized carbons (Fsp3) is 1.00. The van der Waals surface area contributed by atoms with Crippen LogP contribution in [0.1, 0.15) is 12.8 Å². The monoisotopic (exact) mass is 178 g/mol. The second-order valence-electron chi connectivity index (χ2n) is 3.40. The Bertz CT molecular complexity index is 130. The lowest BCUT2D eigenvalue weighted by Gasteiger charge is -2.30. The Hall–Kier alpha value is -0.220. The molecule has 0 spiro atoms. The number of nitrogens with zero attached hydrogens (tertiary/aromatic N) is 1. The molecule has 1 aliphatic rings. The van der Waals surface area contributed by atoms with E-state index in [4.69, 9.17) is 0 Å². The third-order valence-electron chi connectivity index (χ3n) is 2.19. The Morgan fingerprint density at radius 2 is 2.33 bits per heavy atom. The van der Waals surface area contributed by atoms with Crippen molar-refractivity contribution in [3.8, 4) is 0 Å². The van der Waals surface area contributed by atoms with Gasteiger partial charge in [0.1, 0.15) is 0 Å². The van der Waals surface area contributed by atoms with Crippen molar-refractivity contribution in [3.63, 3.8) is 0 Å². The summed E-state index contributed by atoms with van der Waals surface area (Å²) >= 11 is 0. The van der Waals surface area contributed by atoms with Crippen LogP contribution in [0.5, 0.6) is 0 Å². The highest BCUT2D eigenvalue weighted by molar-refractivity contribution is 4.76. The maximum atomic E-state index is 11.8. The van der Waals surface area contributed by atoms with Crippen LogP contribution in [0.25, 0.3) is 0 Å². The van der Waals surface area contributed by atoms with Gasteiger partial charge in [0.15, 0.2) is 0 Å². The molecule has 0 radical (unpaired) electrons. The number of nitrogens with one attached hydrogen (secondary N) is 1. The predicted molar refractivity (Wildman–Crippen MR) is 44.5 cm³/mol. The normalized spacial score (nSPS) is 26.5. The highest BCUT2D eigenvalue weighted by atomic mass is 19.3. The van der Waals surface area contributed by atoms with Gasteiger partial charge >= 0.3 is 0 Å². The second kappa shape index (κ2) is 4.72. The van der Waals surface area contributed by atoms with Crippen LogP contribution in [0.3, 0.4) is 0 Å². The van der Waals surface area contributed by atoms with Gasteiger partial charge in [-0.2, -0.15) is 0 Å². The van der Waals surface area contributed by atoms with Crippen LogP contribution in [0.4, 0.5) is 8.78 Å². The second-order valence-corrected chi connectivity index (χ2v) is 3.40. The minimum Gasteiger partial charge on any atom is -0.307 e. The molecule has 1 N–H and O–H groups in total. The molecule has 0 aliphatic carbocycles. The molecule has 1 aliphatic heterocycles. The summed E-state index contributed by atoms with van der Waals surface area (Å²) in [7, 11) is 2.02. The van der Waals surface area contributed by atoms with Crippen LogP contribution in [0.2, 0.25) is 0 Å². The van der Waals surface area contributed by atoms with E-state index in [-0.39, 0.29) is 12.6 Å². The molecule has 1 fully saturated rings. The molecule has 12 heavy (non-hydrogen) atoms. The number of hydrogen-bond acceptors (Lipinski definition) is 2. The molecule has 1 heterocycles. The van der Waals surface area contributed by atoms with E-state index in [0.29, 0.717) is 0 Å².